The largest absolute Gasteiger partial charge is 0.379 e. The fourth-order valence-corrected chi connectivity index (χ4v) is 4.15. The smallest absolute Gasteiger partial charge is 0.0632 e. The van der Waals surface area contributed by atoms with E-state index in [-0.39, 0.29) is 0 Å². The fraction of sp³-hybridized carbons (Fsp3) is 0.400. The number of anilines is 1. The molecule has 1 heterocycles. The van der Waals surface area contributed by atoms with Gasteiger partial charge in [0.25, 0.3) is 0 Å². The molecule has 15 heavy (non-hydrogen) atoms. The molecule has 0 amide bonds. The maximum Gasteiger partial charge on any atom is 0.0632 e. The van der Waals surface area contributed by atoms with Gasteiger partial charge in [0.05, 0.1) is 5.69 Å². The third kappa shape index (κ3) is 2.96. The zero-order valence-electron chi connectivity index (χ0n) is 7.99. The van der Waals surface area contributed by atoms with Crippen molar-refractivity contribution in [2.24, 2.45) is 0 Å². The summed E-state index contributed by atoms with van der Waals surface area (Å²) in [6.45, 7) is 2.14. The molecule has 0 radical (unpaired) electrons. The molecule has 0 spiro atoms. The summed E-state index contributed by atoms with van der Waals surface area (Å²) < 4.78 is 3.22. The average Bonchev–Trinajstić information content (AvgIpc) is 2.63. The topological polar surface area (TPSA) is 24.1 Å². The van der Waals surface area contributed by atoms with Crippen LogP contribution < -0.4 is 10.6 Å². The molecule has 1 aromatic rings. The van der Waals surface area contributed by atoms with E-state index in [4.69, 9.17) is 0 Å². The number of nitrogens with one attached hydrogen (secondary N) is 2. The molecule has 1 aromatic carbocycles. The Bertz CT molecular complexity index is 339. The van der Waals surface area contributed by atoms with E-state index in [0.29, 0.717) is 6.04 Å². The SMILES string of the molecule is Brc1cc(Br)c(NC2CCNC2)c(Br)c1. The van der Waals surface area contributed by atoms with Gasteiger partial charge in [-0.3, -0.25) is 0 Å². The van der Waals surface area contributed by atoms with Crippen LogP contribution in [0.4, 0.5) is 5.69 Å². The van der Waals surface area contributed by atoms with Crippen LogP contribution in [0.5, 0.6) is 0 Å². The van der Waals surface area contributed by atoms with Gasteiger partial charge in [-0.15, -0.1) is 0 Å². The quantitative estimate of drug-likeness (QED) is 0.792. The van der Waals surface area contributed by atoms with Gasteiger partial charge in [-0.2, -0.15) is 0 Å². The van der Waals surface area contributed by atoms with Crippen molar-refractivity contribution in [2.45, 2.75) is 12.5 Å². The lowest BCUT2D eigenvalue weighted by Gasteiger charge is -2.16. The summed E-state index contributed by atoms with van der Waals surface area (Å²) in [5.41, 5.74) is 1.13. The van der Waals surface area contributed by atoms with Crippen LogP contribution in [0.2, 0.25) is 0 Å². The number of halogens is 3. The summed E-state index contributed by atoms with van der Waals surface area (Å²) in [7, 11) is 0. The summed E-state index contributed by atoms with van der Waals surface area (Å²) in [6, 6.07) is 4.63. The third-order valence-electron chi connectivity index (χ3n) is 2.42. The van der Waals surface area contributed by atoms with Crippen molar-refractivity contribution in [1.82, 2.24) is 5.32 Å². The predicted octanol–water partition coefficient (Wildman–Crippen LogP) is 3.75. The van der Waals surface area contributed by atoms with Crippen molar-refractivity contribution in [3.05, 3.63) is 25.6 Å². The van der Waals surface area contributed by atoms with E-state index in [1.165, 1.54) is 6.42 Å². The van der Waals surface area contributed by atoms with Crippen molar-refractivity contribution in [3.63, 3.8) is 0 Å². The van der Waals surface area contributed by atoms with Crippen LogP contribution in [-0.2, 0) is 0 Å². The zero-order chi connectivity index (χ0) is 10.8. The van der Waals surface area contributed by atoms with Crippen LogP contribution in [0.1, 0.15) is 6.42 Å². The van der Waals surface area contributed by atoms with Gasteiger partial charge in [-0.1, -0.05) is 15.9 Å². The van der Waals surface area contributed by atoms with Crippen molar-refractivity contribution >= 4 is 53.5 Å². The Morgan fingerprint density at radius 1 is 1.20 bits per heavy atom. The van der Waals surface area contributed by atoms with Gasteiger partial charge in [-0.25, -0.2) is 0 Å². The minimum atomic E-state index is 0.527. The Balaban J connectivity index is 2.19. The Morgan fingerprint density at radius 3 is 2.40 bits per heavy atom. The molecule has 2 N–H and O–H groups in total. The highest BCUT2D eigenvalue weighted by molar-refractivity contribution is 9.11. The number of benzene rings is 1. The van der Waals surface area contributed by atoms with Crippen molar-refractivity contribution in [2.75, 3.05) is 18.4 Å². The van der Waals surface area contributed by atoms with E-state index in [1.54, 1.807) is 0 Å². The molecular weight excluding hydrogens is 388 g/mol. The summed E-state index contributed by atoms with van der Waals surface area (Å²) in [6.07, 6.45) is 1.18. The minimum Gasteiger partial charge on any atom is -0.379 e. The fourth-order valence-electron chi connectivity index (χ4n) is 1.66. The first-order chi connectivity index (χ1) is 7.16. The van der Waals surface area contributed by atoms with E-state index < -0.39 is 0 Å². The van der Waals surface area contributed by atoms with E-state index in [0.717, 1.165) is 32.2 Å². The van der Waals surface area contributed by atoms with E-state index in [1.807, 2.05) is 0 Å². The second kappa shape index (κ2) is 5.17. The second-order valence-corrected chi connectivity index (χ2v) is 6.20. The van der Waals surface area contributed by atoms with Gasteiger partial charge in [0, 0.05) is 26.0 Å². The normalized spacial score (nSPS) is 20.6. The molecule has 0 saturated carbocycles. The molecule has 0 aliphatic carbocycles. The highest BCUT2D eigenvalue weighted by Crippen LogP contribution is 2.35. The summed E-state index contributed by atoms with van der Waals surface area (Å²) in [5, 5.41) is 6.87. The van der Waals surface area contributed by atoms with E-state index in [9.17, 15) is 0 Å². The Labute approximate surface area is 115 Å². The van der Waals surface area contributed by atoms with Crippen LogP contribution in [0.15, 0.2) is 25.6 Å². The predicted molar refractivity (Wildman–Crippen MR) is 74.4 cm³/mol. The molecule has 0 bridgehead atoms. The number of hydrogen-bond donors (Lipinski definition) is 2. The number of hydrogen-bond acceptors (Lipinski definition) is 2. The zero-order valence-corrected chi connectivity index (χ0v) is 12.7. The summed E-state index contributed by atoms with van der Waals surface area (Å²) in [4.78, 5) is 0. The maximum atomic E-state index is 3.56. The summed E-state index contributed by atoms with van der Waals surface area (Å²) in [5.74, 6) is 0. The standard InChI is InChI=1S/C10H11Br3N2/c11-6-3-8(12)10(9(13)4-6)15-7-1-2-14-5-7/h3-4,7,14-15H,1-2,5H2. The first-order valence-electron chi connectivity index (χ1n) is 4.78. The highest BCUT2D eigenvalue weighted by Gasteiger charge is 2.16. The highest BCUT2D eigenvalue weighted by atomic mass is 79.9. The molecule has 2 nitrogen and oxygen atoms in total. The molecular formula is C10H11Br3N2. The summed E-state index contributed by atoms with van der Waals surface area (Å²) >= 11 is 10.6. The molecule has 1 fully saturated rings. The molecule has 1 atom stereocenters. The lowest BCUT2D eigenvalue weighted by Crippen LogP contribution is -2.22. The molecule has 82 valence electrons. The first kappa shape index (κ1) is 11.9. The first-order valence-corrected chi connectivity index (χ1v) is 7.16. The Morgan fingerprint density at radius 2 is 1.87 bits per heavy atom. The van der Waals surface area contributed by atoms with E-state index in [2.05, 4.69) is 70.6 Å². The van der Waals surface area contributed by atoms with Crippen LogP contribution >= 0.6 is 47.8 Å². The molecule has 1 saturated heterocycles. The third-order valence-corrected chi connectivity index (χ3v) is 4.12. The van der Waals surface area contributed by atoms with Crippen molar-refractivity contribution < 1.29 is 0 Å². The van der Waals surface area contributed by atoms with E-state index >= 15 is 0 Å². The van der Waals surface area contributed by atoms with Crippen LogP contribution in [-0.4, -0.2) is 19.1 Å². The lowest BCUT2D eigenvalue weighted by atomic mass is 10.2. The molecule has 0 aromatic heterocycles. The monoisotopic (exact) mass is 396 g/mol. The average molecular weight is 399 g/mol. The van der Waals surface area contributed by atoms with Crippen molar-refractivity contribution in [3.8, 4) is 0 Å². The van der Waals surface area contributed by atoms with Gasteiger partial charge in [-0.05, 0) is 57.0 Å². The van der Waals surface area contributed by atoms with Gasteiger partial charge in [0.1, 0.15) is 0 Å². The minimum absolute atomic E-state index is 0.527. The van der Waals surface area contributed by atoms with Crippen LogP contribution in [0.25, 0.3) is 0 Å². The lowest BCUT2D eigenvalue weighted by molar-refractivity contribution is 0.792. The molecule has 1 aliphatic rings. The van der Waals surface area contributed by atoms with Gasteiger partial charge < -0.3 is 10.6 Å². The van der Waals surface area contributed by atoms with Gasteiger partial charge >= 0.3 is 0 Å². The molecule has 1 unspecified atom stereocenters. The van der Waals surface area contributed by atoms with Gasteiger partial charge in [0.15, 0.2) is 0 Å². The Hall–Kier alpha value is 0.420. The molecule has 2 rings (SSSR count). The second-order valence-electron chi connectivity index (χ2n) is 3.58. The van der Waals surface area contributed by atoms with Crippen molar-refractivity contribution in [1.29, 1.82) is 0 Å². The number of rotatable bonds is 2. The molecule has 5 heteroatoms. The maximum absolute atomic E-state index is 3.56. The molecule has 1 aliphatic heterocycles. The van der Waals surface area contributed by atoms with Crippen LogP contribution in [0.3, 0.4) is 0 Å². The van der Waals surface area contributed by atoms with Gasteiger partial charge in [0.2, 0.25) is 0 Å². The Kier molecular flexibility index (Phi) is 4.10. The van der Waals surface area contributed by atoms with Crippen LogP contribution in [0, 0.1) is 0 Å².